The smallest absolute Gasteiger partial charge is 0.330 e. The molecular weight excluding hydrogens is 520 g/mol. The monoisotopic (exact) mass is 552 g/mol. The number of fused-ring (bicyclic) bond motifs is 1. The molecule has 2 aromatic rings. The Bertz CT molecular complexity index is 1300. The van der Waals surface area contributed by atoms with Crippen LogP contribution in [0.15, 0.2) is 24.3 Å². The summed E-state index contributed by atoms with van der Waals surface area (Å²) in [6.45, 7) is 6.85. The largest absolute Gasteiger partial charge is 0.496 e. The molecule has 0 spiro atoms. The molecule has 0 radical (unpaired) electrons. The van der Waals surface area contributed by atoms with Crippen molar-refractivity contribution >= 4 is 38.4 Å². The van der Waals surface area contributed by atoms with E-state index in [2.05, 4.69) is 0 Å². The maximum absolute atomic E-state index is 14.0. The van der Waals surface area contributed by atoms with E-state index in [0.29, 0.717) is 47.2 Å². The van der Waals surface area contributed by atoms with Crippen molar-refractivity contribution in [2.45, 2.75) is 58.3 Å². The molecule has 37 heavy (non-hydrogen) atoms. The molecule has 0 aliphatic carbocycles. The molecule has 1 atom stereocenters. The summed E-state index contributed by atoms with van der Waals surface area (Å²) in [6, 6.07) is 7.21. The van der Waals surface area contributed by atoms with Crippen LogP contribution in [-0.4, -0.2) is 68.2 Å². The third kappa shape index (κ3) is 4.83. The van der Waals surface area contributed by atoms with Crippen LogP contribution in [0.25, 0.3) is 0 Å². The number of carboxylic acid groups (broad SMARTS) is 1. The maximum Gasteiger partial charge on any atom is 0.330 e. The molecule has 2 aliphatic heterocycles. The van der Waals surface area contributed by atoms with Gasteiger partial charge in [-0.1, -0.05) is 18.2 Å². The SMILES string of the molecule is COc1ccccc1[C@H](CN1c2sc(C)c(C)c2C(=O)N(C(C)(C)C(=O)O)S1(=O)=O)OC1CCOCC1. The molecule has 0 saturated carbocycles. The number of carboxylic acids is 1. The van der Waals surface area contributed by atoms with Gasteiger partial charge < -0.3 is 19.3 Å². The molecule has 0 bridgehead atoms. The lowest BCUT2D eigenvalue weighted by Crippen LogP contribution is -2.62. The quantitative estimate of drug-likeness (QED) is 0.526. The first kappa shape index (κ1) is 27.4. The normalized spacial score (nSPS) is 19.0. The third-order valence-corrected chi connectivity index (χ3v) is 10.2. The van der Waals surface area contributed by atoms with Gasteiger partial charge in [0.1, 0.15) is 16.9 Å². The van der Waals surface area contributed by atoms with Crippen LogP contribution in [-0.2, 0) is 24.5 Å². The number of para-hydroxylation sites is 1. The van der Waals surface area contributed by atoms with E-state index >= 15 is 0 Å². The number of thiophene rings is 1. The predicted octanol–water partition coefficient (Wildman–Crippen LogP) is 3.68. The number of ether oxygens (including phenoxy) is 3. The van der Waals surface area contributed by atoms with Crippen molar-refractivity contribution in [3.05, 3.63) is 45.8 Å². The highest BCUT2D eigenvalue weighted by atomic mass is 32.2. The minimum Gasteiger partial charge on any atom is -0.496 e. The molecule has 4 rings (SSSR count). The number of methoxy groups -OCH3 is 1. The van der Waals surface area contributed by atoms with Crippen molar-refractivity contribution in [1.82, 2.24) is 4.31 Å². The van der Waals surface area contributed by atoms with Gasteiger partial charge in [0.15, 0.2) is 5.54 Å². The summed E-state index contributed by atoms with van der Waals surface area (Å²) in [5.74, 6) is -1.75. The number of anilines is 1. The zero-order chi connectivity index (χ0) is 27.1. The van der Waals surface area contributed by atoms with Crippen molar-refractivity contribution in [3.63, 3.8) is 0 Å². The fourth-order valence-corrected chi connectivity index (χ4v) is 7.83. The number of carbonyl (C=O) groups is 2. The Balaban J connectivity index is 1.86. The number of rotatable bonds is 8. The molecule has 10 nitrogen and oxygen atoms in total. The molecule has 1 aromatic carbocycles. The van der Waals surface area contributed by atoms with Crippen LogP contribution in [0.1, 0.15) is 59.2 Å². The van der Waals surface area contributed by atoms with E-state index in [-0.39, 0.29) is 23.2 Å². The summed E-state index contributed by atoms with van der Waals surface area (Å²) in [5.41, 5.74) is -0.554. The second-order valence-corrected chi connectivity index (χ2v) is 12.5. The molecule has 1 amide bonds. The second-order valence-electron chi connectivity index (χ2n) is 9.61. The first-order chi connectivity index (χ1) is 17.4. The number of aliphatic carboxylic acids is 1. The van der Waals surface area contributed by atoms with E-state index in [1.807, 2.05) is 18.2 Å². The summed E-state index contributed by atoms with van der Waals surface area (Å²) in [6.07, 6.45) is 0.373. The average Bonchev–Trinajstić information content (AvgIpc) is 3.15. The summed E-state index contributed by atoms with van der Waals surface area (Å²) in [7, 11) is -3.07. The van der Waals surface area contributed by atoms with E-state index in [4.69, 9.17) is 14.2 Å². The lowest BCUT2D eigenvalue weighted by molar-refractivity contribution is -0.145. The van der Waals surface area contributed by atoms with E-state index in [0.717, 1.165) is 9.18 Å². The van der Waals surface area contributed by atoms with E-state index in [1.165, 1.54) is 32.3 Å². The highest BCUT2D eigenvalue weighted by Crippen LogP contribution is 2.45. The molecule has 0 unspecified atom stereocenters. The summed E-state index contributed by atoms with van der Waals surface area (Å²) >= 11 is 1.19. The first-order valence-electron chi connectivity index (χ1n) is 12.0. The number of nitrogens with zero attached hydrogens (tertiary/aromatic N) is 2. The van der Waals surface area contributed by atoms with Crippen molar-refractivity contribution < 1.29 is 37.3 Å². The molecule has 12 heteroatoms. The van der Waals surface area contributed by atoms with Crippen molar-refractivity contribution in [2.75, 3.05) is 31.2 Å². The molecule has 1 aromatic heterocycles. The van der Waals surface area contributed by atoms with Gasteiger partial charge in [0.2, 0.25) is 0 Å². The Labute approximate surface area is 220 Å². The number of hydrogen-bond donors (Lipinski definition) is 1. The van der Waals surface area contributed by atoms with Crippen LogP contribution in [0.4, 0.5) is 5.00 Å². The van der Waals surface area contributed by atoms with E-state index < -0.39 is 33.7 Å². The van der Waals surface area contributed by atoms with Crippen LogP contribution in [0, 0.1) is 13.8 Å². The number of amides is 1. The average molecular weight is 553 g/mol. The van der Waals surface area contributed by atoms with Crippen LogP contribution in [0.5, 0.6) is 5.75 Å². The van der Waals surface area contributed by atoms with Crippen LogP contribution >= 0.6 is 11.3 Å². The number of aryl methyl sites for hydroxylation is 1. The Morgan fingerprint density at radius 3 is 2.51 bits per heavy atom. The Hall–Kier alpha value is -2.67. The standard InChI is InChI=1S/C25H32N2O8S2/c1-15-16(2)36-23-21(15)22(28)27(25(3,4)24(29)30)37(31,32)26(23)14-20(35-17-10-12-34-13-11-17)18-8-6-7-9-19(18)33-5/h6-9,17,20H,10-14H2,1-5H3,(H,29,30)/t20-/m0/s1. The van der Waals surface area contributed by atoms with Gasteiger partial charge in [-0.25, -0.2) is 13.4 Å². The van der Waals surface area contributed by atoms with Gasteiger partial charge in [-0.3, -0.25) is 4.79 Å². The predicted molar refractivity (Wildman–Crippen MR) is 139 cm³/mol. The van der Waals surface area contributed by atoms with Gasteiger partial charge in [-0.05, 0) is 52.2 Å². The molecular formula is C25H32N2O8S2. The van der Waals surface area contributed by atoms with Crippen molar-refractivity contribution in [3.8, 4) is 5.75 Å². The van der Waals surface area contributed by atoms with Gasteiger partial charge in [-0.2, -0.15) is 8.42 Å². The molecule has 1 fully saturated rings. The Morgan fingerprint density at radius 1 is 1.24 bits per heavy atom. The lowest BCUT2D eigenvalue weighted by Gasteiger charge is -2.42. The Morgan fingerprint density at radius 2 is 1.89 bits per heavy atom. The van der Waals surface area contributed by atoms with E-state index in [1.54, 1.807) is 19.9 Å². The highest BCUT2D eigenvalue weighted by molar-refractivity contribution is 7.91. The lowest BCUT2D eigenvalue weighted by atomic mass is 10.0. The van der Waals surface area contributed by atoms with Gasteiger partial charge in [0, 0.05) is 23.7 Å². The van der Waals surface area contributed by atoms with Crippen molar-refractivity contribution in [1.29, 1.82) is 0 Å². The first-order valence-corrected chi connectivity index (χ1v) is 14.2. The zero-order valence-corrected chi connectivity index (χ0v) is 23.1. The molecule has 1 N–H and O–H groups in total. The van der Waals surface area contributed by atoms with Gasteiger partial charge in [-0.15, -0.1) is 11.3 Å². The van der Waals surface area contributed by atoms with Crippen LogP contribution in [0.3, 0.4) is 0 Å². The topological polar surface area (TPSA) is 123 Å². The molecule has 202 valence electrons. The number of hydrogen-bond acceptors (Lipinski definition) is 8. The number of carbonyl (C=O) groups excluding carboxylic acids is 1. The summed E-state index contributed by atoms with van der Waals surface area (Å²) in [5, 5.41) is 10.1. The Kier molecular flexibility index (Phi) is 7.57. The molecule has 3 heterocycles. The maximum atomic E-state index is 14.0. The molecule has 2 aliphatic rings. The van der Waals surface area contributed by atoms with Gasteiger partial charge >= 0.3 is 16.2 Å². The minimum absolute atomic E-state index is 0.171. The second kappa shape index (κ2) is 10.2. The van der Waals surface area contributed by atoms with Crippen LogP contribution in [0.2, 0.25) is 0 Å². The molecule has 1 saturated heterocycles. The van der Waals surface area contributed by atoms with Crippen LogP contribution < -0.4 is 9.04 Å². The fourth-order valence-electron chi connectivity index (χ4n) is 4.59. The minimum atomic E-state index is -4.60. The summed E-state index contributed by atoms with van der Waals surface area (Å²) < 4.78 is 47.2. The zero-order valence-electron chi connectivity index (χ0n) is 21.5. The van der Waals surface area contributed by atoms with Gasteiger partial charge in [0.05, 0.1) is 25.3 Å². The van der Waals surface area contributed by atoms with Gasteiger partial charge in [0.25, 0.3) is 5.91 Å². The summed E-state index contributed by atoms with van der Waals surface area (Å²) in [4.78, 5) is 26.4. The highest BCUT2D eigenvalue weighted by Gasteiger charge is 2.54. The third-order valence-electron chi connectivity index (χ3n) is 6.87. The fraction of sp³-hybridized carbons (Fsp3) is 0.520. The number of benzene rings is 1. The van der Waals surface area contributed by atoms with E-state index in [9.17, 15) is 23.1 Å². The van der Waals surface area contributed by atoms with Crippen molar-refractivity contribution in [2.24, 2.45) is 0 Å².